The van der Waals surface area contributed by atoms with Crippen LogP contribution in [0.4, 0.5) is 0 Å². The fourth-order valence-corrected chi connectivity index (χ4v) is 3.42. The molecule has 0 saturated carbocycles. The second kappa shape index (κ2) is 4.33. The van der Waals surface area contributed by atoms with Gasteiger partial charge in [0.1, 0.15) is 0 Å². The van der Waals surface area contributed by atoms with Crippen molar-refractivity contribution in [2.45, 2.75) is 24.2 Å². The molecule has 0 aliphatic heterocycles. The van der Waals surface area contributed by atoms with Crippen LogP contribution in [0.5, 0.6) is 0 Å². The summed E-state index contributed by atoms with van der Waals surface area (Å²) in [6.07, 6.45) is 1.22. The van der Waals surface area contributed by atoms with Crippen molar-refractivity contribution in [3.63, 3.8) is 0 Å². The largest absolute Gasteiger partial charge is 0.544 e. The minimum atomic E-state index is -1.17. The summed E-state index contributed by atoms with van der Waals surface area (Å²) in [5, 5.41) is 20.2. The van der Waals surface area contributed by atoms with E-state index in [4.69, 9.17) is 0 Å². The monoisotopic (exact) mass is 231 g/mol. The number of carboxylic acid groups (broad SMARTS) is 1. The lowest BCUT2D eigenvalue weighted by atomic mass is 10.1. The number of thiophene rings is 1. The van der Waals surface area contributed by atoms with Crippen LogP contribution in [0.2, 0.25) is 0 Å². The van der Waals surface area contributed by atoms with Gasteiger partial charge in [-0.15, -0.1) is 23.1 Å². The molecule has 0 radical (unpaired) electrons. The SMILES string of the molecule is CSc1sc(C(=O)[O-])c(C)c1[C@@H](C)O. The van der Waals surface area contributed by atoms with E-state index in [1.165, 1.54) is 11.8 Å². The van der Waals surface area contributed by atoms with Gasteiger partial charge in [0, 0.05) is 5.56 Å². The highest BCUT2D eigenvalue weighted by molar-refractivity contribution is 8.00. The Bertz CT molecular complexity index is 355. The van der Waals surface area contributed by atoms with Crippen molar-refractivity contribution in [2.75, 3.05) is 6.26 Å². The highest BCUT2D eigenvalue weighted by Gasteiger charge is 2.18. The number of thioether (sulfide) groups is 1. The number of hydrogen-bond acceptors (Lipinski definition) is 5. The molecule has 3 nitrogen and oxygen atoms in total. The molecule has 0 aliphatic rings. The van der Waals surface area contributed by atoms with Crippen molar-refractivity contribution in [1.82, 2.24) is 0 Å². The number of carbonyl (C=O) groups is 1. The fourth-order valence-electron chi connectivity index (χ4n) is 1.33. The molecule has 0 unspecified atom stereocenters. The molecule has 0 saturated heterocycles. The Morgan fingerprint density at radius 3 is 2.50 bits per heavy atom. The van der Waals surface area contributed by atoms with E-state index in [0.717, 1.165) is 15.5 Å². The van der Waals surface area contributed by atoms with E-state index in [9.17, 15) is 15.0 Å². The number of aliphatic hydroxyl groups excluding tert-OH is 1. The number of rotatable bonds is 3. The maximum absolute atomic E-state index is 10.7. The molecule has 1 rings (SSSR count). The number of aromatic carboxylic acids is 1. The molecule has 78 valence electrons. The lowest BCUT2D eigenvalue weighted by Crippen LogP contribution is -2.21. The molecule has 0 aromatic carbocycles. The summed E-state index contributed by atoms with van der Waals surface area (Å²) >= 11 is 2.61. The minimum absolute atomic E-state index is 0.213. The summed E-state index contributed by atoms with van der Waals surface area (Å²) in [6, 6.07) is 0. The first kappa shape index (κ1) is 11.6. The van der Waals surface area contributed by atoms with Crippen LogP contribution in [0, 0.1) is 6.92 Å². The molecule has 1 N–H and O–H groups in total. The standard InChI is InChI=1S/C9H12O3S2/c1-4-6(5(2)10)9(13-3)14-7(4)8(11)12/h5,10H,1-3H3,(H,11,12)/p-1/t5-/m1/s1. The van der Waals surface area contributed by atoms with Gasteiger partial charge in [-0.3, -0.25) is 0 Å². The normalized spacial score (nSPS) is 12.9. The highest BCUT2D eigenvalue weighted by atomic mass is 32.2. The van der Waals surface area contributed by atoms with Crippen LogP contribution >= 0.6 is 23.1 Å². The summed E-state index contributed by atoms with van der Waals surface area (Å²) in [5.74, 6) is -1.17. The third-order valence-electron chi connectivity index (χ3n) is 1.95. The molecule has 1 aromatic heterocycles. The van der Waals surface area contributed by atoms with Crippen LogP contribution in [-0.2, 0) is 0 Å². The van der Waals surface area contributed by atoms with Gasteiger partial charge < -0.3 is 15.0 Å². The van der Waals surface area contributed by atoms with Crippen LogP contribution in [0.1, 0.15) is 33.8 Å². The predicted molar refractivity (Wildman–Crippen MR) is 55.8 cm³/mol. The van der Waals surface area contributed by atoms with Crippen molar-refractivity contribution in [2.24, 2.45) is 0 Å². The van der Waals surface area contributed by atoms with Gasteiger partial charge in [0.25, 0.3) is 0 Å². The van der Waals surface area contributed by atoms with Crippen LogP contribution in [-0.4, -0.2) is 17.3 Å². The summed E-state index contributed by atoms with van der Waals surface area (Å²) in [7, 11) is 0. The average molecular weight is 231 g/mol. The van der Waals surface area contributed by atoms with E-state index < -0.39 is 12.1 Å². The Balaban J connectivity index is 3.33. The molecule has 0 aliphatic carbocycles. The number of aliphatic hydroxyl groups is 1. The summed E-state index contributed by atoms with van der Waals surface area (Å²) in [4.78, 5) is 10.9. The van der Waals surface area contributed by atoms with Crippen molar-refractivity contribution in [3.05, 3.63) is 16.0 Å². The van der Waals surface area contributed by atoms with Gasteiger partial charge in [-0.25, -0.2) is 0 Å². The molecule has 1 aromatic rings. The van der Waals surface area contributed by atoms with Gasteiger partial charge >= 0.3 is 0 Å². The number of hydrogen-bond donors (Lipinski definition) is 1. The van der Waals surface area contributed by atoms with Crippen LogP contribution < -0.4 is 5.11 Å². The van der Waals surface area contributed by atoms with Crippen molar-refractivity contribution in [3.8, 4) is 0 Å². The van der Waals surface area contributed by atoms with Crippen molar-refractivity contribution in [1.29, 1.82) is 0 Å². The van der Waals surface area contributed by atoms with E-state index in [1.54, 1.807) is 13.8 Å². The van der Waals surface area contributed by atoms with Gasteiger partial charge in [0.15, 0.2) is 0 Å². The number of carboxylic acids is 1. The van der Waals surface area contributed by atoms with E-state index >= 15 is 0 Å². The predicted octanol–water partition coefficient (Wildman–Crippen LogP) is 1.20. The van der Waals surface area contributed by atoms with Gasteiger partial charge in [-0.05, 0) is 25.7 Å². The molecule has 5 heteroatoms. The van der Waals surface area contributed by atoms with E-state index in [2.05, 4.69) is 0 Å². The zero-order valence-electron chi connectivity index (χ0n) is 8.16. The Morgan fingerprint density at radius 1 is 1.64 bits per heavy atom. The third kappa shape index (κ3) is 1.94. The molecule has 0 spiro atoms. The second-order valence-electron chi connectivity index (χ2n) is 2.92. The topological polar surface area (TPSA) is 60.4 Å². The maximum Gasteiger partial charge on any atom is 0.0818 e. The lowest BCUT2D eigenvalue weighted by molar-refractivity contribution is -0.254. The molecule has 0 amide bonds. The zero-order chi connectivity index (χ0) is 10.9. The zero-order valence-corrected chi connectivity index (χ0v) is 9.79. The van der Waals surface area contributed by atoms with Crippen LogP contribution in [0.3, 0.4) is 0 Å². The Hall–Kier alpha value is -0.520. The van der Waals surface area contributed by atoms with E-state index in [1.807, 2.05) is 6.26 Å². The molecule has 1 atom stereocenters. The highest BCUT2D eigenvalue weighted by Crippen LogP contribution is 2.37. The Labute approximate surface area is 90.8 Å². The molecule has 1 heterocycles. The molecular formula is C9H11O3S2-. The van der Waals surface area contributed by atoms with E-state index in [0.29, 0.717) is 11.1 Å². The van der Waals surface area contributed by atoms with Gasteiger partial charge in [0.2, 0.25) is 0 Å². The van der Waals surface area contributed by atoms with E-state index in [-0.39, 0.29) is 4.88 Å². The molecule has 0 bridgehead atoms. The first-order valence-electron chi connectivity index (χ1n) is 4.05. The van der Waals surface area contributed by atoms with Crippen molar-refractivity contribution < 1.29 is 15.0 Å². The summed E-state index contributed by atoms with van der Waals surface area (Å²) in [5.41, 5.74) is 1.33. The minimum Gasteiger partial charge on any atom is -0.544 e. The Kier molecular flexibility index (Phi) is 3.58. The molecule has 0 fully saturated rings. The van der Waals surface area contributed by atoms with Gasteiger partial charge in [0.05, 0.1) is 21.2 Å². The van der Waals surface area contributed by atoms with Crippen LogP contribution in [0.25, 0.3) is 0 Å². The number of carbonyl (C=O) groups excluding carboxylic acids is 1. The quantitative estimate of drug-likeness (QED) is 0.794. The van der Waals surface area contributed by atoms with Gasteiger partial charge in [-0.2, -0.15) is 0 Å². The smallest absolute Gasteiger partial charge is 0.0818 e. The van der Waals surface area contributed by atoms with Gasteiger partial charge in [-0.1, -0.05) is 0 Å². The first-order valence-corrected chi connectivity index (χ1v) is 6.09. The summed E-state index contributed by atoms with van der Waals surface area (Å²) in [6.45, 7) is 3.33. The lowest BCUT2D eigenvalue weighted by Gasteiger charge is -2.06. The second-order valence-corrected chi connectivity index (χ2v) is 5.02. The summed E-state index contributed by atoms with van der Waals surface area (Å²) < 4.78 is 0.844. The van der Waals surface area contributed by atoms with Crippen LogP contribution in [0.15, 0.2) is 4.21 Å². The maximum atomic E-state index is 10.7. The third-order valence-corrected chi connectivity index (χ3v) is 4.37. The molecule has 14 heavy (non-hydrogen) atoms. The average Bonchev–Trinajstić information content (AvgIpc) is 2.42. The molecular weight excluding hydrogens is 220 g/mol. The fraction of sp³-hybridized carbons (Fsp3) is 0.444. The Morgan fingerprint density at radius 2 is 2.21 bits per heavy atom. The first-order chi connectivity index (χ1) is 6.49. The van der Waals surface area contributed by atoms with Crippen molar-refractivity contribution >= 4 is 29.1 Å².